The van der Waals surface area contributed by atoms with Crippen molar-refractivity contribution in [2.75, 3.05) is 0 Å². The molecule has 0 aliphatic heterocycles. The molecule has 0 N–H and O–H groups in total. The molecule has 0 nitrogen and oxygen atoms in total. The van der Waals surface area contributed by atoms with E-state index in [9.17, 15) is 0 Å². The second-order valence-corrected chi connectivity index (χ2v) is 10.6. The van der Waals surface area contributed by atoms with Gasteiger partial charge in [-0.3, -0.25) is 0 Å². The molecule has 0 saturated heterocycles. The van der Waals surface area contributed by atoms with E-state index < -0.39 is 0 Å². The molecule has 0 fully saturated rings. The monoisotopic (exact) mass is 330 g/mol. The third-order valence-corrected chi connectivity index (χ3v) is 7.81. The Kier molecular flexibility index (Phi) is 3.51. The maximum atomic E-state index is 2.43. The van der Waals surface area contributed by atoms with Crippen LogP contribution in [0.1, 0.15) is 62.4 Å². The highest BCUT2D eigenvalue weighted by molar-refractivity contribution is 7.27. The highest BCUT2D eigenvalue weighted by atomic mass is 32.1. The van der Waals surface area contributed by atoms with Gasteiger partial charge in [0.15, 0.2) is 0 Å². The Morgan fingerprint density at radius 3 is 1.23 bits per heavy atom. The number of hydrogen-bond acceptors (Lipinski definition) is 2. The summed E-state index contributed by atoms with van der Waals surface area (Å²) in [7, 11) is 0. The van der Waals surface area contributed by atoms with Crippen LogP contribution < -0.4 is 0 Å². The average Bonchev–Trinajstić information content (AvgIpc) is 2.98. The summed E-state index contributed by atoms with van der Waals surface area (Å²) >= 11 is 3.98. The van der Waals surface area contributed by atoms with Gasteiger partial charge in [-0.05, 0) is 58.7 Å². The molecule has 2 heterocycles. The van der Waals surface area contributed by atoms with Gasteiger partial charge in [0.2, 0.25) is 0 Å². The van der Waals surface area contributed by atoms with Crippen molar-refractivity contribution in [2.45, 2.75) is 66.2 Å². The highest BCUT2D eigenvalue weighted by Crippen LogP contribution is 2.45. The Labute approximate surface area is 142 Å². The lowest BCUT2D eigenvalue weighted by Gasteiger charge is -2.15. The minimum Gasteiger partial charge on any atom is -0.138 e. The topological polar surface area (TPSA) is 0 Å². The second kappa shape index (κ2) is 4.82. The fourth-order valence-electron chi connectivity index (χ4n) is 2.82. The van der Waals surface area contributed by atoms with Crippen LogP contribution in [-0.4, -0.2) is 0 Å². The van der Waals surface area contributed by atoms with Gasteiger partial charge in [-0.25, -0.2) is 0 Å². The third-order valence-electron chi connectivity index (χ3n) is 4.52. The summed E-state index contributed by atoms with van der Waals surface area (Å²) in [6.07, 6.45) is 0. The van der Waals surface area contributed by atoms with Crippen molar-refractivity contribution >= 4 is 42.8 Å². The summed E-state index contributed by atoms with van der Waals surface area (Å²) in [6, 6.07) is 4.86. The molecule has 0 aliphatic rings. The van der Waals surface area contributed by atoms with Crippen LogP contribution >= 0.6 is 22.7 Å². The molecule has 0 radical (unpaired) electrons. The predicted molar refractivity (Wildman–Crippen MR) is 104 cm³/mol. The van der Waals surface area contributed by atoms with E-state index in [4.69, 9.17) is 0 Å². The molecule has 0 saturated carbocycles. The van der Waals surface area contributed by atoms with Gasteiger partial charge in [0, 0.05) is 9.75 Å². The zero-order chi connectivity index (χ0) is 16.4. The molecule has 22 heavy (non-hydrogen) atoms. The van der Waals surface area contributed by atoms with E-state index in [-0.39, 0.29) is 10.8 Å². The summed E-state index contributed by atoms with van der Waals surface area (Å²) in [5, 5.41) is 2.92. The molecule has 0 aliphatic carbocycles. The van der Waals surface area contributed by atoms with Crippen LogP contribution in [0.4, 0.5) is 0 Å². The third kappa shape index (κ3) is 2.41. The highest BCUT2D eigenvalue weighted by Gasteiger charge is 2.23. The average molecular weight is 331 g/mol. The normalized spacial score (nSPS) is 13.5. The minimum absolute atomic E-state index is 0.223. The van der Waals surface area contributed by atoms with Gasteiger partial charge in [0.25, 0.3) is 0 Å². The van der Waals surface area contributed by atoms with E-state index in [1.165, 1.54) is 41.1 Å². The summed E-state index contributed by atoms with van der Waals surface area (Å²) in [5.41, 5.74) is 3.35. The molecule has 2 heteroatoms. The van der Waals surface area contributed by atoms with Gasteiger partial charge >= 0.3 is 0 Å². The number of fused-ring (bicyclic) bond motifs is 3. The van der Waals surface area contributed by atoms with Crippen LogP contribution in [-0.2, 0) is 10.8 Å². The lowest BCUT2D eigenvalue weighted by Crippen LogP contribution is -2.07. The molecule has 0 spiro atoms. The first kappa shape index (κ1) is 16.0. The van der Waals surface area contributed by atoms with E-state index in [0.717, 1.165) is 0 Å². The Bertz CT molecular complexity index is 788. The van der Waals surface area contributed by atoms with Crippen molar-refractivity contribution < 1.29 is 0 Å². The fraction of sp³-hybridized carbons (Fsp3) is 0.500. The number of rotatable bonds is 0. The Balaban J connectivity index is 2.43. The van der Waals surface area contributed by atoms with Gasteiger partial charge < -0.3 is 0 Å². The largest absolute Gasteiger partial charge is 0.138 e. The SMILES string of the molecule is Cc1c(C)c2cc(C(C)(C)C)sc2c2sc(C(C)(C)C)cc12. The lowest BCUT2D eigenvalue weighted by atomic mass is 9.92. The number of thiophene rings is 2. The zero-order valence-electron chi connectivity index (χ0n) is 15.0. The van der Waals surface area contributed by atoms with E-state index in [1.54, 1.807) is 0 Å². The molecule has 1 aromatic carbocycles. The first-order chi connectivity index (χ1) is 10.00. The number of hydrogen-bond donors (Lipinski definition) is 0. The Morgan fingerprint density at radius 2 is 0.955 bits per heavy atom. The summed E-state index contributed by atoms with van der Waals surface area (Å²) < 4.78 is 2.98. The molecule has 0 unspecified atom stereocenters. The summed E-state index contributed by atoms with van der Waals surface area (Å²) in [4.78, 5) is 2.98. The zero-order valence-corrected chi connectivity index (χ0v) is 16.6. The maximum Gasteiger partial charge on any atom is 0.0527 e. The second-order valence-electron chi connectivity index (χ2n) is 8.46. The van der Waals surface area contributed by atoms with Gasteiger partial charge in [-0.2, -0.15) is 0 Å². The molecule has 3 rings (SSSR count). The van der Waals surface area contributed by atoms with Crippen LogP contribution in [0.5, 0.6) is 0 Å². The molecular weight excluding hydrogens is 304 g/mol. The van der Waals surface area contributed by atoms with E-state index >= 15 is 0 Å². The quantitative estimate of drug-likeness (QED) is 0.405. The van der Waals surface area contributed by atoms with Crippen molar-refractivity contribution in [3.8, 4) is 0 Å². The Morgan fingerprint density at radius 1 is 0.636 bits per heavy atom. The van der Waals surface area contributed by atoms with Crippen LogP contribution in [0.2, 0.25) is 0 Å². The number of benzene rings is 1. The number of aryl methyl sites for hydroxylation is 2. The first-order valence-corrected chi connectivity index (χ1v) is 9.60. The van der Waals surface area contributed by atoms with Crippen molar-refractivity contribution in [3.63, 3.8) is 0 Å². The van der Waals surface area contributed by atoms with Crippen molar-refractivity contribution in [3.05, 3.63) is 33.0 Å². The standard InChI is InChI=1S/C20H26S2/c1-11-12(2)14-10-16(20(6,7)8)22-18(14)17-13(11)9-15(21-17)19(3,4)5/h9-10H,1-8H3. The van der Waals surface area contributed by atoms with Gasteiger partial charge in [0.05, 0.1) is 9.40 Å². The molecular formula is C20H26S2. The molecule has 3 aromatic rings. The van der Waals surface area contributed by atoms with Crippen LogP contribution in [0.25, 0.3) is 20.2 Å². The van der Waals surface area contributed by atoms with Crippen molar-refractivity contribution in [1.82, 2.24) is 0 Å². The molecule has 2 aromatic heterocycles. The fourth-order valence-corrected chi connectivity index (χ4v) is 5.52. The van der Waals surface area contributed by atoms with Crippen LogP contribution in [0, 0.1) is 13.8 Å². The molecule has 0 atom stereocenters. The van der Waals surface area contributed by atoms with Gasteiger partial charge in [0.1, 0.15) is 0 Å². The van der Waals surface area contributed by atoms with Crippen molar-refractivity contribution in [2.24, 2.45) is 0 Å². The predicted octanol–water partition coefficient (Wildman–Crippen LogP) is 7.33. The van der Waals surface area contributed by atoms with E-state index in [2.05, 4.69) is 67.5 Å². The summed E-state index contributed by atoms with van der Waals surface area (Å²) in [6.45, 7) is 18.4. The molecule has 0 amide bonds. The lowest BCUT2D eigenvalue weighted by molar-refractivity contribution is 0.604. The minimum atomic E-state index is 0.223. The smallest absolute Gasteiger partial charge is 0.0527 e. The van der Waals surface area contributed by atoms with E-state index in [1.807, 2.05) is 22.7 Å². The van der Waals surface area contributed by atoms with E-state index in [0.29, 0.717) is 0 Å². The van der Waals surface area contributed by atoms with Gasteiger partial charge in [-0.1, -0.05) is 41.5 Å². The first-order valence-electron chi connectivity index (χ1n) is 7.97. The van der Waals surface area contributed by atoms with Crippen LogP contribution in [0.15, 0.2) is 12.1 Å². The summed E-state index contributed by atoms with van der Waals surface area (Å²) in [5.74, 6) is 0. The van der Waals surface area contributed by atoms with Crippen molar-refractivity contribution in [1.29, 1.82) is 0 Å². The molecule has 0 bridgehead atoms. The Hall–Kier alpha value is -0.860. The van der Waals surface area contributed by atoms with Gasteiger partial charge in [-0.15, -0.1) is 22.7 Å². The maximum absolute atomic E-state index is 2.43. The molecule has 118 valence electrons. The van der Waals surface area contributed by atoms with Crippen LogP contribution in [0.3, 0.4) is 0 Å².